The Hall–Kier alpha value is -3.47. The van der Waals surface area contributed by atoms with E-state index in [0.717, 1.165) is 16.9 Å². The van der Waals surface area contributed by atoms with Gasteiger partial charge in [0.1, 0.15) is 6.04 Å². The van der Waals surface area contributed by atoms with Crippen molar-refractivity contribution in [1.82, 2.24) is 5.32 Å². The van der Waals surface area contributed by atoms with Crippen molar-refractivity contribution in [3.05, 3.63) is 131 Å². The molecule has 35 heavy (non-hydrogen) atoms. The van der Waals surface area contributed by atoms with Crippen LogP contribution in [0.15, 0.2) is 109 Å². The largest absolute Gasteiger partial charge is 0.351 e. The molecule has 2 aliphatic rings. The molecule has 2 heterocycles. The van der Waals surface area contributed by atoms with Crippen molar-refractivity contribution in [3.63, 3.8) is 0 Å². The number of nitrogens with one attached hydrogen (secondary N) is 2. The predicted octanol–water partition coefficient (Wildman–Crippen LogP) is 4.00. The fourth-order valence-corrected chi connectivity index (χ4v) is 5.58. The van der Waals surface area contributed by atoms with E-state index in [0.29, 0.717) is 17.1 Å². The molecule has 1 saturated heterocycles. The molecule has 176 valence electrons. The molecule has 0 aliphatic carbocycles. The van der Waals surface area contributed by atoms with Crippen LogP contribution in [0.1, 0.15) is 27.4 Å². The number of amides is 1. The van der Waals surface area contributed by atoms with Gasteiger partial charge >= 0.3 is 0 Å². The van der Waals surface area contributed by atoms with Crippen molar-refractivity contribution in [2.24, 2.45) is 5.92 Å². The SMILES string of the molecule is O=C(c1ccccc1)[C@H]1[C@@H](c2ccc(Cl)cc2)[C@H](C(=O)NCCc2ccccc2)[NH+]2C=CC=C[C@H]12. The van der Waals surface area contributed by atoms with Gasteiger partial charge < -0.3 is 5.32 Å². The van der Waals surface area contributed by atoms with Gasteiger partial charge in [0.15, 0.2) is 11.8 Å². The van der Waals surface area contributed by atoms with E-state index in [2.05, 4.69) is 23.5 Å². The molecule has 3 aromatic carbocycles. The predicted molar refractivity (Wildman–Crippen MR) is 138 cm³/mol. The number of fused-ring (bicyclic) bond motifs is 1. The molecule has 0 aromatic heterocycles. The average molecular weight is 484 g/mol. The van der Waals surface area contributed by atoms with Crippen molar-refractivity contribution < 1.29 is 14.5 Å². The van der Waals surface area contributed by atoms with E-state index < -0.39 is 6.04 Å². The minimum Gasteiger partial charge on any atom is -0.351 e. The summed E-state index contributed by atoms with van der Waals surface area (Å²) >= 11 is 6.19. The number of carbonyl (C=O) groups is 2. The number of hydrogen-bond acceptors (Lipinski definition) is 2. The van der Waals surface area contributed by atoms with E-state index in [1.807, 2.05) is 91.1 Å². The first-order chi connectivity index (χ1) is 17.1. The van der Waals surface area contributed by atoms with Gasteiger partial charge in [0, 0.05) is 17.1 Å². The molecule has 5 atom stereocenters. The normalized spacial score (nSPS) is 24.7. The molecule has 2 N–H and O–H groups in total. The lowest BCUT2D eigenvalue weighted by Gasteiger charge is -2.24. The van der Waals surface area contributed by atoms with Crippen molar-refractivity contribution in [1.29, 1.82) is 0 Å². The molecule has 0 saturated carbocycles. The molecular weight excluding hydrogens is 456 g/mol. The highest BCUT2D eigenvalue weighted by molar-refractivity contribution is 6.30. The smallest absolute Gasteiger partial charge is 0.279 e. The summed E-state index contributed by atoms with van der Waals surface area (Å²) in [7, 11) is 0. The van der Waals surface area contributed by atoms with Crippen molar-refractivity contribution in [2.45, 2.75) is 24.4 Å². The lowest BCUT2D eigenvalue weighted by Crippen LogP contribution is -3.15. The maximum Gasteiger partial charge on any atom is 0.279 e. The molecule has 0 bridgehead atoms. The number of quaternary nitrogens is 1. The quantitative estimate of drug-likeness (QED) is 0.499. The van der Waals surface area contributed by atoms with E-state index in [4.69, 9.17) is 11.6 Å². The van der Waals surface area contributed by atoms with Gasteiger partial charge in [-0.1, -0.05) is 90.5 Å². The Morgan fingerprint density at radius 1 is 0.857 bits per heavy atom. The number of allylic oxidation sites excluding steroid dienone is 2. The number of carbonyl (C=O) groups excluding carboxylic acids is 2. The number of rotatable bonds is 7. The number of hydrogen-bond donors (Lipinski definition) is 2. The van der Waals surface area contributed by atoms with Gasteiger partial charge in [-0.15, -0.1) is 0 Å². The topological polar surface area (TPSA) is 50.6 Å². The van der Waals surface area contributed by atoms with E-state index in [-0.39, 0.29) is 29.6 Å². The highest BCUT2D eigenvalue weighted by Gasteiger charge is 2.58. The minimum absolute atomic E-state index is 0.0378. The van der Waals surface area contributed by atoms with Crippen LogP contribution < -0.4 is 10.2 Å². The van der Waals surface area contributed by atoms with Crippen LogP contribution in [0.3, 0.4) is 0 Å². The summed E-state index contributed by atoms with van der Waals surface area (Å²) in [5.74, 6) is -0.638. The molecule has 5 rings (SSSR count). The van der Waals surface area contributed by atoms with E-state index in [1.54, 1.807) is 0 Å². The zero-order valence-electron chi connectivity index (χ0n) is 19.3. The molecule has 0 radical (unpaired) electrons. The maximum atomic E-state index is 13.9. The van der Waals surface area contributed by atoms with E-state index in [1.165, 1.54) is 5.56 Å². The van der Waals surface area contributed by atoms with Crippen LogP contribution in [0.25, 0.3) is 0 Å². The standard InChI is InChI=1S/C30H27ClN2O2/c31-24-16-14-22(15-17-24)26-27(29(34)23-11-5-2-6-12-23)25-13-7-8-20-33(25)28(26)30(35)32-19-18-21-9-3-1-4-10-21/h1-17,20,25-28H,18-19H2,(H,32,35)/p+1/t25-,26-,27-,28-/m1/s1. The second-order valence-electron chi connectivity index (χ2n) is 9.11. The van der Waals surface area contributed by atoms with Gasteiger partial charge in [0.25, 0.3) is 5.91 Å². The van der Waals surface area contributed by atoms with E-state index in [9.17, 15) is 9.59 Å². The molecule has 5 heteroatoms. The zero-order chi connectivity index (χ0) is 24.2. The summed E-state index contributed by atoms with van der Waals surface area (Å²) in [6, 6.07) is 26.5. The highest BCUT2D eigenvalue weighted by Crippen LogP contribution is 2.38. The van der Waals surface area contributed by atoms with Gasteiger partial charge in [-0.05, 0) is 41.8 Å². The van der Waals surface area contributed by atoms with Gasteiger partial charge in [-0.25, -0.2) is 0 Å². The summed E-state index contributed by atoms with van der Waals surface area (Å²) in [6.07, 6.45) is 8.79. The van der Waals surface area contributed by atoms with Gasteiger partial charge in [-0.2, -0.15) is 0 Å². The molecule has 2 aliphatic heterocycles. The van der Waals surface area contributed by atoms with Crippen LogP contribution in [0, 0.1) is 5.92 Å². The molecule has 1 amide bonds. The Bertz CT molecular complexity index is 1240. The van der Waals surface area contributed by atoms with Crippen molar-refractivity contribution in [2.75, 3.05) is 6.54 Å². The van der Waals surface area contributed by atoms with Crippen molar-refractivity contribution in [3.8, 4) is 0 Å². The number of ketones is 1. The summed E-state index contributed by atoms with van der Waals surface area (Å²) in [4.78, 5) is 28.6. The van der Waals surface area contributed by atoms with Crippen LogP contribution in [0.5, 0.6) is 0 Å². The lowest BCUT2D eigenvalue weighted by molar-refractivity contribution is -0.871. The third-order valence-electron chi connectivity index (χ3n) is 7.05. The fourth-order valence-electron chi connectivity index (χ4n) is 5.45. The summed E-state index contributed by atoms with van der Waals surface area (Å²) in [6.45, 7) is 0.543. The minimum atomic E-state index is -0.434. The summed E-state index contributed by atoms with van der Waals surface area (Å²) in [5.41, 5.74) is 2.80. The molecule has 0 spiro atoms. The Labute approximate surface area is 210 Å². The Kier molecular flexibility index (Phi) is 6.94. The molecule has 1 unspecified atom stereocenters. The third-order valence-corrected chi connectivity index (χ3v) is 7.30. The molecular formula is C30H28ClN2O2+. The van der Waals surface area contributed by atoms with Gasteiger partial charge in [0.2, 0.25) is 0 Å². The van der Waals surface area contributed by atoms with Crippen LogP contribution >= 0.6 is 11.6 Å². The maximum absolute atomic E-state index is 13.9. The second-order valence-corrected chi connectivity index (χ2v) is 9.54. The van der Waals surface area contributed by atoms with E-state index >= 15 is 0 Å². The Morgan fingerprint density at radius 2 is 1.54 bits per heavy atom. The zero-order valence-corrected chi connectivity index (χ0v) is 20.1. The first kappa shape index (κ1) is 23.3. The fraction of sp³-hybridized carbons (Fsp3) is 0.200. The molecule has 4 nitrogen and oxygen atoms in total. The first-order valence-electron chi connectivity index (χ1n) is 12.0. The second kappa shape index (κ2) is 10.4. The van der Waals surface area contributed by atoms with Crippen molar-refractivity contribution >= 4 is 23.3 Å². The molecule has 1 fully saturated rings. The third kappa shape index (κ3) is 4.86. The Morgan fingerprint density at radius 3 is 2.26 bits per heavy atom. The van der Waals surface area contributed by atoms with Crippen LogP contribution in [0.4, 0.5) is 0 Å². The Balaban J connectivity index is 1.49. The lowest BCUT2D eigenvalue weighted by atomic mass is 9.77. The van der Waals surface area contributed by atoms with Gasteiger partial charge in [0.05, 0.1) is 18.0 Å². The number of halogens is 1. The van der Waals surface area contributed by atoms with Gasteiger partial charge in [-0.3, -0.25) is 14.5 Å². The highest BCUT2D eigenvalue weighted by atomic mass is 35.5. The summed E-state index contributed by atoms with van der Waals surface area (Å²) < 4.78 is 0. The van der Waals surface area contributed by atoms with Crippen LogP contribution in [0.2, 0.25) is 5.02 Å². The summed E-state index contributed by atoms with van der Waals surface area (Å²) in [5, 5.41) is 3.79. The van der Waals surface area contributed by atoms with Crippen LogP contribution in [-0.4, -0.2) is 30.3 Å². The monoisotopic (exact) mass is 483 g/mol. The number of Topliss-reactive ketones (excluding diaryl/α,β-unsaturated/α-hetero) is 1. The average Bonchev–Trinajstić information content (AvgIpc) is 3.25. The molecule has 3 aromatic rings. The first-order valence-corrected chi connectivity index (χ1v) is 12.4. The number of benzene rings is 3. The van der Waals surface area contributed by atoms with Crippen LogP contribution in [-0.2, 0) is 11.2 Å².